The lowest BCUT2D eigenvalue weighted by Gasteiger charge is -2.10. The molecule has 1 aliphatic rings. The van der Waals surface area contributed by atoms with Gasteiger partial charge in [-0.05, 0) is 53.8 Å². The van der Waals surface area contributed by atoms with Crippen LogP contribution in [-0.4, -0.2) is 40.2 Å². The van der Waals surface area contributed by atoms with Gasteiger partial charge in [0, 0.05) is 23.9 Å². The molecule has 0 aliphatic carbocycles. The first-order chi connectivity index (χ1) is 13.1. The molecule has 0 fully saturated rings. The summed E-state index contributed by atoms with van der Waals surface area (Å²) in [5.41, 5.74) is 9.27. The van der Waals surface area contributed by atoms with Crippen LogP contribution >= 0.6 is 0 Å². The molecular weight excluding hydrogens is 336 g/mol. The molecule has 0 amide bonds. The highest BCUT2D eigenvalue weighted by Crippen LogP contribution is 2.24. The predicted molar refractivity (Wildman–Crippen MR) is 107 cm³/mol. The van der Waals surface area contributed by atoms with Crippen molar-refractivity contribution in [3.05, 3.63) is 47.3 Å². The van der Waals surface area contributed by atoms with Crippen LogP contribution in [0.15, 0.2) is 35.7 Å². The summed E-state index contributed by atoms with van der Waals surface area (Å²) >= 11 is 0. The van der Waals surface area contributed by atoms with Gasteiger partial charge in [0.15, 0.2) is 18.6 Å². The van der Waals surface area contributed by atoms with Gasteiger partial charge in [-0.25, -0.2) is 9.97 Å². The zero-order chi connectivity index (χ0) is 19.2. The second kappa shape index (κ2) is 8.65. The average Bonchev–Trinajstić information content (AvgIpc) is 3.09. The van der Waals surface area contributed by atoms with Crippen LogP contribution in [-0.2, 0) is 12.8 Å². The molecule has 2 heterocycles. The van der Waals surface area contributed by atoms with Crippen LogP contribution in [0.1, 0.15) is 30.5 Å². The van der Waals surface area contributed by atoms with E-state index in [1.165, 1.54) is 0 Å². The fourth-order valence-electron chi connectivity index (χ4n) is 3.15. The van der Waals surface area contributed by atoms with Crippen molar-refractivity contribution in [2.45, 2.75) is 26.7 Å². The molecule has 138 valence electrons. The molecule has 6 heteroatoms. The SMILES string of the molecule is CC(C)C[N+]1=CC(Cc2cc(C#N)ccc2-c2ncc(CCN)cn2)C=N1. The smallest absolute Gasteiger partial charge is 0.181 e. The Morgan fingerprint density at radius 2 is 2.04 bits per heavy atom. The Balaban J connectivity index is 1.87. The summed E-state index contributed by atoms with van der Waals surface area (Å²) < 4.78 is 2.00. The molecule has 0 spiro atoms. The molecule has 1 aromatic heterocycles. The number of rotatable bonds is 7. The summed E-state index contributed by atoms with van der Waals surface area (Å²) in [6.45, 7) is 5.84. The van der Waals surface area contributed by atoms with Crippen molar-refractivity contribution in [1.82, 2.24) is 9.97 Å². The standard InChI is InChI=1S/C21H25N6/c1-15(2)13-27-14-18(12-26-27)8-19-7-16(9-23)3-4-20(19)21-24-10-17(5-6-22)11-25-21/h3-4,7,10-12,14-15,18H,5-6,8,13,22H2,1-2H3/q+1. The van der Waals surface area contributed by atoms with E-state index in [0.717, 1.165) is 36.1 Å². The van der Waals surface area contributed by atoms with Crippen molar-refractivity contribution in [3.8, 4) is 17.5 Å². The Morgan fingerprint density at radius 1 is 1.26 bits per heavy atom. The van der Waals surface area contributed by atoms with Gasteiger partial charge in [-0.2, -0.15) is 5.26 Å². The molecular formula is C21H25N6+. The summed E-state index contributed by atoms with van der Waals surface area (Å²) in [4.78, 5) is 9.02. The maximum Gasteiger partial charge on any atom is 0.181 e. The minimum atomic E-state index is 0.202. The first-order valence-corrected chi connectivity index (χ1v) is 9.29. The first-order valence-electron chi connectivity index (χ1n) is 9.29. The molecule has 0 saturated carbocycles. The molecule has 3 rings (SSSR count). The number of aromatic nitrogens is 2. The summed E-state index contributed by atoms with van der Waals surface area (Å²) in [7, 11) is 0. The van der Waals surface area contributed by atoms with E-state index in [2.05, 4.69) is 41.2 Å². The quantitative estimate of drug-likeness (QED) is 0.767. The van der Waals surface area contributed by atoms with Crippen LogP contribution in [0.2, 0.25) is 0 Å². The zero-order valence-electron chi connectivity index (χ0n) is 15.8. The number of hydrazone groups is 1. The predicted octanol–water partition coefficient (Wildman–Crippen LogP) is 2.41. The normalized spacial score (nSPS) is 15.8. The van der Waals surface area contributed by atoms with E-state index >= 15 is 0 Å². The lowest BCUT2D eigenvalue weighted by molar-refractivity contribution is -0.532. The molecule has 1 atom stereocenters. The fourth-order valence-corrected chi connectivity index (χ4v) is 3.15. The molecule has 0 radical (unpaired) electrons. The molecule has 27 heavy (non-hydrogen) atoms. The second-order valence-corrected chi connectivity index (χ2v) is 7.23. The summed E-state index contributed by atoms with van der Waals surface area (Å²) in [6, 6.07) is 7.90. The van der Waals surface area contributed by atoms with Gasteiger partial charge in [-0.3, -0.25) is 0 Å². The van der Waals surface area contributed by atoms with E-state index in [9.17, 15) is 5.26 Å². The van der Waals surface area contributed by atoms with Crippen LogP contribution in [0.3, 0.4) is 0 Å². The number of benzene rings is 1. The molecule has 0 saturated heterocycles. The topological polar surface area (TPSA) is 91.0 Å². The number of nitrogens with zero attached hydrogens (tertiary/aromatic N) is 5. The van der Waals surface area contributed by atoms with Crippen LogP contribution in [0.5, 0.6) is 0 Å². The van der Waals surface area contributed by atoms with Gasteiger partial charge in [-0.1, -0.05) is 18.5 Å². The minimum Gasteiger partial charge on any atom is -0.330 e. The highest BCUT2D eigenvalue weighted by Gasteiger charge is 2.22. The molecule has 1 unspecified atom stereocenters. The monoisotopic (exact) mass is 361 g/mol. The Morgan fingerprint density at radius 3 is 2.70 bits per heavy atom. The van der Waals surface area contributed by atoms with Gasteiger partial charge in [0.25, 0.3) is 0 Å². The molecule has 6 nitrogen and oxygen atoms in total. The zero-order valence-corrected chi connectivity index (χ0v) is 15.8. The van der Waals surface area contributed by atoms with Crippen molar-refractivity contribution in [1.29, 1.82) is 5.26 Å². The summed E-state index contributed by atoms with van der Waals surface area (Å²) in [5.74, 6) is 1.42. The number of hydrogen-bond acceptors (Lipinski definition) is 5. The molecule has 1 aliphatic heterocycles. The van der Waals surface area contributed by atoms with Gasteiger partial charge < -0.3 is 5.73 Å². The minimum absolute atomic E-state index is 0.202. The maximum absolute atomic E-state index is 9.29. The highest BCUT2D eigenvalue weighted by atomic mass is 15.4. The van der Waals surface area contributed by atoms with Crippen LogP contribution in [0.25, 0.3) is 11.4 Å². The van der Waals surface area contributed by atoms with Crippen LogP contribution in [0.4, 0.5) is 0 Å². The largest absolute Gasteiger partial charge is 0.330 e. The number of hydrogen-bond donors (Lipinski definition) is 1. The van der Waals surface area contributed by atoms with Crippen molar-refractivity contribution < 1.29 is 4.68 Å². The lowest BCUT2D eigenvalue weighted by atomic mass is 9.95. The van der Waals surface area contributed by atoms with E-state index in [1.54, 1.807) is 0 Å². The molecule has 0 bridgehead atoms. The molecule has 2 N–H and O–H groups in total. The van der Waals surface area contributed by atoms with Gasteiger partial charge in [0.1, 0.15) is 0 Å². The van der Waals surface area contributed by atoms with E-state index in [0.29, 0.717) is 23.9 Å². The van der Waals surface area contributed by atoms with E-state index in [1.807, 2.05) is 41.5 Å². The van der Waals surface area contributed by atoms with Gasteiger partial charge >= 0.3 is 0 Å². The summed E-state index contributed by atoms with van der Waals surface area (Å²) in [5, 5.41) is 13.8. The van der Waals surface area contributed by atoms with E-state index in [-0.39, 0.29) is 5.92 Å². The number of nitriles is 1. The van der Waals surface area contributed by atoms with Gasteiger partial charge in [0.2, 0.25) is 0 Å². The second-order valence-electron chi connectivity index (χ2n) is 7.23. The van der Waals surface area contributed by atoms with Crippen molar-refractivity contribution in [2.24, 2.45) is 22.7 Å². The third-order valence-electron chi connectivity index (χ3n) is 4.39. The summed E-state index contributed by atoms with van der Waals surface area (Å²) in [6.07, 6.45) is 9.29. The first kappa shape index (κ1) is 18.9. The third kappa shape index (κ3) is 4.83. The fraction of sp³-hybridized carbons (Fsp3) is 0.381. The maximum atomic E-state index is 9.29. The number of nitrogens with two attached hydrogens (primary N) is 1. The Labute approximate surface area is 160 Å². The van der Waals surface area contributed by atoms with E-state index in [4.69, 9.17) is 5.73 Å². The van der Waals surface area contributed by atoms with Gasteiger partial charge in [0.05, 0.1) is 23.8 Å². The van der Waals surface area contributed by atoms with E-state index < -0.39 is 0 Å². The molecule has 2 aromatic rings. The lowest BCUT2D eigenvalue weighted by Crippen LogP contribution is -2.13. The Kier molecular flexibility index (Phi) is 6.05. The van der Waals surface area contributed by atoms with Crippen LogP contribution in [0, 0.1) is 23.2 Å². The van der Waals surface area contributed by atoms with Crippen LogP contribution < -0.4 is 5.73 Å². The Hall–Kier alpha value is -2.91. The van der Waals surface area contributed by atoms with Crippen molar-refractivity contribution in [2.75, 3.05) is 13.1 Å². The molecule has 1 aromatic carbocycles. The average molecular weight is 361 g/mol. The van der Waals surface area contributed by atoms with Crippen molar-refractivity contribution in [3.63, 3.8) is 0 Å². The van der Waals surface area contributed by atoms with Gasteiger partial charge in [-0.15, -0.1) is 0 Å². The third-order valence-corrected chi connectivity index (χ3v) is 4.39. The highest BCUT2D eigenvalue weighted by molar-refractivity contribution is 5.84. The van der Waals surface area contributed by atoms with Crippen molar-refractivity contribution >= 4 is 12.4 Å². The Bertz CT molecular complexity index is 890.